The second-order valence-electron chi connectivity index (χ2n) is 4.26. The van der Waals surface area contributed by atoms with Crippen LogP contribution < -0.4 is 5.73 Å². The summed E-state index contributed by atoms with van der Waals surface area (Å²) in [5, 5.41) is 12.5. The van der Waals surface area contributed by atoms with Gasteiger partial charge in [0.2, 0.25) is 0 Å². The van der Waals surface area contributed by atoms with Crippen molar-refractivity contribution in [1.29, 1.82) is 0 Å². The fraction of sp³-hybridized carbons (Fsp3) is 0.636. The molecule has 0 saturated carbocycles. The molecule has 2 atom stereocenters. The molecule has 1 aliphatic rings. The first kappa shape index (κ1) is 12.5. The van der Waals surface area contributed by atoms with Gasteiger partial charge >= 0.3 is 0 Å². The van der Waals surface area contributed by atoms with Gasteiger partial charge in [0.05, 0.1) is 12.7 Å². The van der Waals surface area contributed by atoms with Crippen molar-refractivity contribution in [2.75, 3.05) is 19.8 Å². The lowest BCUT2D eigenvalue weighted by Crippen LogP contribution is -2.43. The molecule has 2 heterocycles. The van der Waals surface area contributed by atoms with Gasteiger partial charge in [-0.2, -0.15) is 0 Å². The lowest BCUT2D eigenvalue weighted by molar-refractivity contribution is -0.0771. The first-order chi connectivity index (χ1) is 7.69. The maximum Gasteiger partial charge on any atom is 0.0983 e. The van der Waals surface area contributed by atoms with Gasteiger partial charge in [-0.05, 0) is 40.2 Å². The summed E-state index contributed by atoms with van der Waals surface area (Å²) < 4.78 is 6.45. The fourth-order valence-electron chi connectivity index (χ4n) is 2.14. The van der Waals surface area contributed by atoms with Crippen molar-refractivity contribution in [3.8, 4) is 0 Å². The van der Waals surface area contributed by atoms with Crippen LogP contribution in [0.1, 0.15) is 23.8 Å². The molecule has 0 amide bonds. The van der Waals surface area contributed by atoms with Crippen LogP contribution in [0.25, 0.3) is 0 Å². The Balaban J connectivity index is 2.24. The Hall–Kier alpha value is 0.0600. The van der Waals surface area contributed by atoms with Crippen molar-refractivity contribution in [3.63, 3.8) is 0 Å². The summed E-state index contributed by atoms with van der Waals surface area (Å²) in [7, 11) is 0. The van der Waals surface area contributed by atoms with E-state index in [0.717, 1.165) is 28.8 Å². The van der Waals surface area contributed by atoms with Gasteiger partial charge in [0, 0.05) is 27.9 Å². The van der Waals surface area contributed by atoms with Crippen LogP contribution >= 0.6 is 27.3 Å². The number of aliphatic hydroxyl groups excluding tert-OH is 1. The zero-order chi connectivity index (χ0) is 11.6. The van der Waals surface area contributed by atoms with E-state index in [0.29, 0.717) is 13.2 Å². The minimum Gasteiger partial charge on any atom is -0.387 e. The van der Waals surface area contributed by atoms with Gasteiger partial charge in [0.15, 0.2) is 0 Å². The number of hydrogen-bond acceptors (Lipinski definition) is 4. The van der Waals surface area contributed by atoms with Gasteiger partial charge in [0.1, 0.15) is 0 Å². The molecule has 1 aromatic rings. The van der Waals surface area contributed by atoms with Crippen molar-refractivity contribution >= 4 is 27.3 Å². The summed E-state index contributed by atoms with van der Waals surface area (Å²) in [6.07, 6.45) is 1.36. The molecule has 1 fully saturated rings. The summed E-state index contributed by atoms with van der Waals surface area (Å²) in [6.45, 7) is 1.79. The highest BCUT2D eigenvalue weighted by Crippen LogP contribution is 2.44. The van der Waals surface area contributed by atoms with E-state index >= 15 is 0 Å². The van der Waals surface area contributed by atoms with E-state index in [1.165, 1.54) is 0 Å². The average Bonchev–Trinajstić information content (AvgIpc) is 2.75. The SMILES string of the molecule is NCC1(C(O)c2sccc2Br)CCCOC1. The molecule has 2 unspecified atom stereocenters. The summed E-state index contributed by atoms with van der Waals surface area (Å²) in [6, 6.07) is 1.96. The fourth-order valence-corrected chi connectivity index (χ4v) is 3.86. The Morgan fingerprint density at radius 2 is 2.50 bits per heavy atom. The third-order valence-electron chi connectivity index (χ3n) is 3.23. The average molecular weight is 306 g/mol. The van der Waals surface area contributed by atoms with Gasteiger partial charge in [-0.1, -0.05) is 0 Å². The van der Waals surface area contributed by atoms with Crippen molar-refractivity contribution < 1.29 is 9.84 Å². The summed E-state index contributed by atoms with van der Waals surface area (Å²) >= 11 is 5.01. The van der Waals surface area contributed by atoms with Gasteiger partial charge in [0.25, 0.3) is 0 Å². The third-order valence-corrected chi connectivity index (χ3v) is 5.16. The Bertz CT molecular complexity index is 350. The summed E-state index contributed by atoms with van der Waals surface area (Å²) in [5.74, 6) is 0. The van der Waals surface area contributed by atoms with Crippen molar-refractivity contribution in [1.82, 2.24) is 0 Å². The zero-order valence-electron chi connectivity index (χ0n) is 8.99. The molecular weight excluding hydrogens is 290 g/mol. The Morgan fingerprint density at radius 3 is 3.00 bits per heavy atom. The Kier molecular flexibility index (Phi) is 4.02. The lowest BCUT2D eigenvalue weighted by Gasteiger charge is -2.39. The number of aliphatic hydroxyl groups is 1. The molecule has 2 rings (SSSR count). The summed E-state index contributed by atoms with van der Waals surface area (Å²) in [5.41, 5.74) is 5.53. The van der Waals surface area contributed by atoms with Crippen molar-refractivity contribution in [2.45, 2.75) is 18.9 Å². The predicted octanol–water partition coefficient (Wildman–Crippen LogP) is 2.30. The van der Waals surface area contributed by atoms with E-state index in [9.17, 15) is 5.11 Å². The van der Waals surface area contributed by atoms with Crippen LogP contribution in [-0.4, -0.2) is 24.9 Å². The van der Waals surface area contributed by atoms with E-state index < -0.39 is 6.10 Å². The molecule has 5 heteroatoms. The van der Waals surface area contributed by atoms with Crippen LogP contribution in [0.4, 0.5) is 0 Å². The molecule has 3 nitrogen and oxygen atoms in total. The molecule has 0 spiro atoms. The molecule has 3 N–H and O–H groups in total. The first-order valence-electron chi connectivity index (χ1n) is 5.38. The molecular formula is C11H16BrNO2S. The van der Waals surface area contributed by atoms with E-state index in [4.69, 9.17) is 10.5 Å². The maximum absolute atomic E-state index is 10.5. The van der Waals surface area contributed by atoms with Gasteiger partial charge in [-0.25, -0.2) is 0 Å². The number of rotatable bonds is 3. The standard InChI is InChI=1S/C11H16BrNO2S/c12-8-2-5-16-9(8)10(14)11(6-13)3-1-4-15-7-11/h2,5,10,14H,1,3-4,6-7,13H2. The van der Waals surface area contributed by atoms with Crippen LogP contribution in [0.3, 0.4) is 0 Å². The Morgan fingerprint density at radius 1 is 1.69 bits per heavy atom. The Labute approximate surface area is 108 Å². The third kappa shape index (κ3) is 2.19. The van der Waals surface area contributed by atoms with Crippen LogP contribution in [0.2, 0.25) is 0 Å². The second kappa shape index (κ2) is 5.14. The molecule has 16 heavy (non-hydrogen) atoms. The number of nitrogens with two attached hydrogens (primary N) is 1. The molecule has 1 saturated heterocycles. The first-order valence-corrected chi connectivity index (χ1v) is 7.06. The van der Waals surface area contributed by atoms with Crippen molar-refractivity contribution in [2.24, 2.45) is 11.1 Å². The van der Waals surface area contributed by atoms with Gasteiger partial charge < -0.3 is 15.6 Å². The molecule has 0 aromatic carbocycles. The molecule has 0 radical (unpaired) electrons. The second-order valence-corrected chi connectivity index (χ2v) is 6.06. The van der Waals surface area contributed by atoms with Crippen LogP contribution in [0.15, 0.2) is 15.9 Å². The maximum atomic E-state index is 10.5. The quantitative estimate of drug-likeness (QED) is 0.901. The van der Waals surface area contributed by atoms with Crippen LogP contribution in [0, 0.1) is 5.41 Å². The highest BCUT2D eigenvalue weighted by atomic mass is 79.9. The topological polar surface area (TPSA) is 55.5 Å². The van der Waals surface area contributed by atoms with E-state index in [1.807, 2.05) is 11.4 Å². The number of thiophene rings is 1. The van der Waals surface area contributed by atoms with E-state index in [2.05, 4.69) is 15.9 Å². The number of hydrogen-bond donors (Lipinski definition) is 2. The zero-order valence-corrected chi connectivity index (χ0v) is 11.4. The minimum absolute atomic E-state index is 0.314. The highest BCUT2D eigenvalue weighted by Gasteiger charge is 2.40. The van der Waals surface area contributed by atoms with Crippen molar-refractivity contribution in [3.05, 3.63) is 20.8 Å². The molecule has 1 aromatic heterocycles. The van der Waals surface area contributed by atoms with Crippen LogP contribution in [-0.2, 0) is 4.74 Å². The molecule has 90 valence electrons. The van der Waals surface area contributed by atoms with Gasteiger partial charge in [-0.15, -0.1) is 11.3 Å². The lowest BCUT2D eigenvalue weighted by atomic mass is 9.77. The van der Waals surface area contributed by atoms with Crippen LogP contribution in [0.5, 0.6) is 0 Å². The predicted molar refractivity (Wildman–Crippen MR) is 68.5 cm³/mol. The van der Waals surface area contributed by atoms with E-state index in [1.54, 1.807) is 11.3 Å². The minimum atomic E-state index is -0.535. The van der Waals surface area contributed by atoms with E-state index in [-0.39, 0.29) is 5.41 Å². The summed E-state index contributed by atoms with van der Waals surface area (Å²) in [4.78, 5) is 0.955. The molecule has 0 aliphatic carbocycles. The monoisotopic (exact) mass is 305 g/mol. The molecule has 1 aliphatic heterocycles. The number of halogens is 1. The highest BCUT2D eigenvalue weighted by molar-refractivity contribution is 9.10. The van der Waals surface area contributed by atoms with Gasteiger partial charge in [-0.3, -0.25) is 0 Å². The smallest absolute Gasteiger partial charge is 0.0983 e. The molecule has 0 bridgehead atoms. The largest absolute Gasteiger partial charge is 0.387 e. The normalized spacial score (nSPS) is 27.9. The number of ether oxygens (including phenoxy) is 1.